The van der Waals surface area contributed by atoms with Crippen LogP contribution in [0.15, 0.2) is 17.2 Å². The van der Waals surface area contributed by atoms with Gasteiger partial charge >= 0.3 is 0 Å². The first-order valence-corrected chi connectivity index (χ1v) is 7.46. The fourth-order valence-electron chi connectivity index (χ4n) is 1.73. The van der Waals surface area contributed by atoms with Gasteiger partial charge in [0.2, 0.25) is 11.8 Å². The molecule has 0 fully saturated rings. The van der Waals surface area contributed by atoms with Gasteiger partial charge in [0, 0.05) is 18.7 Å². The Kier molecular flexibility index (Phi) is 3.89. The Morgan fingerprint density at radius 3 is 2.58 bits per heavy atom. The van der Waals surface area contributed by atoms with E-state index in [4.69, 9.17) is 11.6 Å². The number of halogens is 1. The van der Waals surface area contributed by atoms with E-state index in [0.717, 1.165) is 4.88 Å². The molecule has 0 saturated heterocycles. The molecular weight excluding hydrogens is 306 g/mol. The molecule has 1 aliphatic heterocycles. The van der Waals surface area contributed by atoms with E-state index in [0.29, 0.717) is 9.50 Å². The lowest BCUT2D eigenvalue weighted by molar-refractivity contribution is -0.131. The topological polar surface area (TPSA) is 61.8 Å². The highest BCUT2D eigenvalue weighted by molar-refractivity contribution is 8.14. The molecule has 1 aromatic heterocycles. The van der Waals surface area contributed by atoms with Crippen molar-refractivity contribution in [1.29, 1.82) is 0 Å². The fraction of sp³-hybridized carbons (Fsp3) is 0.364. The minimum absolute atomic E-state index is 0.195. The third-order valence-corrected chi connectivity index (χ3v) is 5.24. The van der Waals surface area contributed by atoms with Crippen LogP contribution in [0.5, 0.6) is 0 Å². The van der Waals surface area contributed by atoms with Gasteiger partial charge in [-0.25, -0.2) is 5.01 Å². The first-order valence-electron chi connectivity index (χ1n) is 5.45. The van der Waals surface area contributed by atoms with Crippen molar-refractivity contribution in [3.8, 4) is 0 Å². The second-order valence-corrected chi connectivity index (χ2v) is 7.21. The Balaban J connectivity index is 2.35. The number of amidine groups is 1. The van der Waals surface area contributed by atoms with Crippen LogP contribution in [-0.2, 0) is 14.5 Å². The van der Waals surface area contributed by atoms with Gasteiger partial charge in [0.05, 0.1) is 4.34 Å². The van der Waals surface area contributed by atoms with Gasteiger partial charge in [0.15, 0.2) is 10.0 Å². The van der Waals surface area contributed by atoms with Gasteiger partial charge in [-0.1, -0.05) is 23.4 Å². The molecule has 0 bridgehead atoms. The molecule has 8 heteroatoms. The van der Waals surface area contributed by atoms with E-state index < -0.39 is 4.87 Å². The molecule has 0 saturated carbocycles. The lowest BCUT2D eigenvalue weighted by atomic mass is 10.2. The van der Waals surface area contributed by atoms with Crippen molar-refractivity contribution in [2.45, 2.75) is 25.6 Å². The van der Waals surface area contributed by atoms with Gasteiger partial charge in [0.25, 0.3) is 0 Å². The third-order valence-electron chi connectivity index (χ3n) is 2.50. The maximum atomic E-state index is 11.7. The van der Waals surface area contributed by atoms with E-state index in [2.05, 4.69) is 10.4 Å². The van der Waals surface area contributed by atoms with Crippen LogP contribution in [0.1, 0.15) is 25.6 Å². The molecule has 1 aliphatic rings. The van der Waals surface area contributed by atoms with Gasteiger partial charge < -0.3 is 5.32 Å². The largest absolute Gasteiger partial charge is 0.304 e. The van der Waals surface area contributed by atoms with Crippen LogP contribution in [0, 0.1) is 0 Å². The molecule has 2 amide bonds. The van der Waals surface area contributed by atoms with Gasteiger partial charge in [-0.2, -0.15) is 0 Å². The van der Waals surface area contributed by atoms with E-state index in [1.54, 1.807) is 6.07 Å². The maximum Gasteiger partial charge on any atom is 0.241 e. The molecule has 2 heterocycles. The second-order valence-electron chi connectivity index (χ2n) is 4.11. The average molecular weight is 318 g/mol. The smallest absolute Gasteiger partial charge is 0.241 e. The fourth-order valence-corrected chi connectivity index (χ4v) is 4.17. The normalized spacial score (nSPS) is 22.3. The summed E-state index contributed by atoms with van der Waals surface area (Å²) in [5, 5.41) is 8.55. The number of nitrogens with one attached hydrogen (secondary N) is 1. The predicted octanol–water partition coefficient (Wildman–Crippen LogP) is 2.58. The summed E-state index contributed by atoms with van der Waals surface area (Å²) in [7, 11) is 0. The Hall–Kier alpha value is -1.05. The number of rotatable bonds is 1. The molecule has 0 aliphatic carbocycles. The van der Waals surface area contributed by atoms with Crippen LogP contribution in [-0.4, -0.2) is 22.0 Å². The highest BCUT2D eigenvalue weighted by Gasteiger charge is 2.44. The van der Waals surface area contributed by atoms with Crippen molar-refractivity contribution in [3.05, 3.63) is 21.3 Å². The van der Waals surface area contributed by atoms with Crippen LogP contribution in [0.2, 0.25) is 4.34 Å². The summed E-state index contributed by atoms with van der Waals surface area (Å²) in [5.74, 6) is -0.414. The van der Waals surface area contributed by atoms with E-state index in [1.807, 2.05) is 13.0 Å². The average Bonchev–Trinajstić information content (AvgIpc) is 2.83. The molecule has 5 nitrogen and oxygen atoms in total. The Bertz CT molecular complexity index is 572. The first-order chi connectivity index (χ1) is 8.83. The molecule has 2 rings (SSSR count). The Morgan fingerprint density at radius 2 is 2.11 bits per heavy atom. The van der Waals surface area contributed by atoms with Crippen LogP contribution in [0.25, 0.3) is 0 Å². The number of carbonyl (C=O) groups excluding carboxylic acids is 2. The van der Waals surface area contributed by atoms with Crippen LogP contribution >= 0.6 is 34.7 Å². The van der Waals surface area contributed by atoms with E-state index in [9.17, 15) is 9.59 Å². The zero-order chi connectivity index (χ0) is 14.2. The van der Waals surface area contributed by atoms with Crippen molar-refractivity contribution in [1.82, 2.24) is 10.3 Å². The Morgan fingerprint density at radius 1 is 1.42 bits per heavy atom. The van der Waals surface area contributed by atoms with Crippen molar-refractivity contribution in [3.63, 3.8) is 0 Å². The van der Waals surface area contributed by atoms with Gasteiger partial charge in [-0.05, 0) is 19.1 Å². The Labute approximate surface area is 124 Å². The monoisotopic (exact) mass is 317 g/mol. The van der Waals surface area contributed by atoms with Gasteiger partial charge in [0.1, 0.15) is 0 Å². The van der Waals surface area contributed by atoms with Crippen molar-refractivity contribution >= 4 is 51.7 Å². The molecule has 19 heavy (non-hydrogen) atoms. The minimum atomic E-state index is -0.679. The molecule has 1 atom stereocenters. The number of hydrogen-bond acceptors (Lipinski definition) is 5. The lowest BCUT2D eigenvalue weighted by Crippen LogP contribution is -2.36. The van der Waals surface area contributed by atoms with Crippen molar-refractivity contribution in [2.75, 3.05) is 0 Å². The molecule has 1 aromatic rings. The second kappa shape index (κ2) is 5.15. The summed E-state index contributed by atoms with van der Waals surface area (Å²) in [6.07, 6.45) is 0. The van der Waals surface area contributed by atoms with Gasteiger partial charge in [-0.15, -0.1) is 16.4 Å². The molecule has 102 valence electrons. The summed E-state index contributed by atoms with van der Waals surface area (Å²) in [6.45, 7) is 4.71. The van der Waals surface area contributed by atoms with Crippen molar-refractivity contribution < 1.29 is 9.59 Å². The number of carbonyl (C=O) groups is 2. The zero-order valence-corrected chi connectivity index (χ0v) is 12.9. The quantitative estimate of drug-likeness (QED) is 0.866. The molecule has 0 radical (unpaired) electrons. The third kappa shape index (κ3) is 2.77. The van der Waals surface area contributed by atoms with E-state index >= 15 is 0 Å². The minimum Gasteiger partial charge on any atom is -0.304 e. The summed E-state index contributed by atoms with van der Waals surface area (Å²) in [5.41, 5.74) is 0. The summed E-state index contributed by atoms with van der Waals surface area (Å²) in [6, 6.07) is 3.64. The summed E-state index contributed by atoms with van der Waals surface area (Å²) >= 11 is 8.66. The highest BCUT2D eigenvalue weighted by Crippen LogP contribution is 2.47. The molecular formula is C11H12ClN3O2S2. The predicted molar refractivity (Wildman–Crippen MR) is 78.0 cm³/mol. The molecule has 0 aromatic carbocycles. The van der Waals surface area contributed by atoms with Crippen LogP contribution < -0.4 is 5.32 Å². The van der Waals surface area contributed by atoms with Crippen LogP contribution in [0.4, 0.5) is 0 Å². The summed E-state index contributed by atoms with van der Waals surface area (Å²) in [4.78, 5) is 23.1. The van der Waals surface area contributed by atoms with Gasteiger partial charge in [-0.3, -0.25) is 9.59 Å². The standard InChI is InChI=1S/C11H12ClN3O2S2/c1-6(16)13-10-14-15(7(2)17)11(3,19-10)8-4-5-9(12)18-8/h4-5H,1-3H3,(H,13,14,16)/t11-/m1/s1. The number of nitrogens with zero attached hydrogens (tertiary/aromatic N) is 2. The van der Waals surface area contributed by atoms with Crippen molar-refractivity contribution in [2.24, 2.45) is 5.10 Å². The number of hydrogen-bond donors (Lipinski definition) is 1. The lowest BCUT2D eigenvalue weighted by Gasteiger charge is -2.29. The molecule has 0 spiro atoms. The number of thiophene rings is 1. The number of hydrazone groups is 1. The number of amides is 2. The first kappa shape index (κ1) is 14.4. The van der Waals surface area contributed by atoms with Crippen LogP contribution in [0.3, 0.4) is 0 Å². The molecule has 1 N–H and O–H groups in total. The maximum absolute atomic E-state index is 11.7. The van der Waals surface area contributed by atoms with E-state index in [1.165, 1.54) is 42.0 Å². The molecule has 0 unspecified atom stereocenters. The zero-order valence-electron chi connectivity index (χ0n) is 10.6. The SMILES string of the molecule is CC(=O)NC1=NN(C(C)=O)[C@@](C)(c2ccc(Cl)s2)S1. The van der Waals surface area contributed by atoms with E-state index in [-0.39, 0.29) is 11.8 Å². The highest BCUT2D eigenvalue weighted by atomic mass is 35.5. The number of thioether (sulfide) groups is 1. The summed E-state index contributed by atoms with van der Waals surface area (Å²) < 4.78 is 0.647.